The first-order valence-corrected chi connectivity index (χ1v) is 12.0. The minimum atomic E-state index is -0.104. The molecule has 0 spiro atoms. The lowest BCUT2D eigenvalue weighted by Crippen LogP contribution is -2.41. The summed E-state index contributed by atoms with van der Waals surface area (Å²) in [7, 11) is 0. The maximum Gasteiger partial charge on any atom is 0.254 e. The number of hydrogen-bond acceptors (Lipinski definition) is 7. The molecule has 7 nitrogen and oxygen atoms in total. The fraction of sp³-hybridized carbons (Fsp3) is 0.364. The Morgan fingerprint density at radius 1 is 1.23 bits per heavy atom. The number of thiazole rings is 1. The van der Waals surface area contributed by atoms with Crippen molar-refractivity contribution in [2.24, 2.45) is 5.92 Å². The molecule has 162 valence electrons. The van der Waals surface area contributed by atoms with Gasteiger partial charge in [0.25, 0.3) is 5.91 Å². The summed E-state index contributed by atoms with van der Waals surface area (Å²) in [6.07, 6.45) is 1.29. The first kappa shape index (κ1) is 21.6. The SMILES string of the molecule is Cc1cc(CSc2ccccc2C(=O)N2CCC(C(=O)Nc3nc(C)cs3)CC2)on1. The molecule has 31 heavy (non-hydrogen) atoms. The van der Waals surface area contributed by atoms with Gasteiger partial charge in [0.05, 0.1) is 22.7 Å². The van der Waals surface area contributed by atoms with Crippen LogP contribution < -0.4 is 5.32 Å². The van der Waals surface area contributed by atoms with E-state index in [-0.39, 0.29) is 17.7 Å². The molecule has 1 N–H and O–H groups in total. The number of piperidine rings is 1. The van der Waals surface area contributed by atoms with E-state index in [1.165, 1.54) is 11.3 Å². The van der Waals surface area contributed by atoms with Gasteiger partial charge in [-0.3, -0.25) is 9.59 Å². The number of thioether (sulfide) groups is 1. The van der Waals surface area contributed by atoms with E-state index in [0.29, 0.717) is 42.4 Å². The number of nitrogens with zero attached hydrogens (tertiary/aromatic N) is 3. The van der Waals surface area contributed by atoms with Gasteiger partial charge in [-0.1, -0.05) is 17.3 Å². The standard InChI is InChI=1S/C22H24N4O3S2/c1-14-11-17(29-25-14)13-30-19-6-4-3-5-18(19)21(28)26-9-7-16(8-10-26)20(27)24-22-23-15(2)12-31-22/h3-6,11-12,16H,7-10,13H2,1-2H3,(H,23,24,27). The summed E-state index contributed by atoms with van der Waals surface area (Å²) < 4.78 is 5.27. The van der Waals surface area contributed by atoms with Crippen LogP contribution in [0.25, 0.3) is 0 Å². The van der Waals surface area contributed by atoms with Crippen LogP contribution in [0.2, 0.25) is 0 Å². The lowest BCUT2D eigenvalue weighted by molar-refractivity contribution is -0.121. The van der Waals surface area contributed by atoms with Gasteiger partial charge in [0, 0.05) is 35.3 Å². The summed E-state index contributed by atoms with van der Waals surface area (Å²) in [4.78, 5) is 32.8. The highest BCUT2D eigenvalue weighted by molar-refractivity contribution is 7.98. The molecule has 4 rings (SSSR count). The molecule has 1 fully saturated rings. The van der Waals surface area contributed by atoms with Gasteiger partial charge in [-0.2, -0.15) is 0 Å². The molecule has 1 aliphatic rings. The van der Waals surface area contributed by atoms with Crippen LogP contribution in [-0.4, -0.2) is 39.9 Å². The molecule has 0 atom stereocenters. The molecular weight excluding hydrogens is 432 g/mol. The molecule has 9 heteroatoms. The van der Waals surface area contributed by atoms with Gasteiger partial charge >= 0.3 is 0 Å². The van der Waals surface area contributed by atoms with E-state index in [1.807, 2.05) is 54.5 Å². The molecule has 0 radical (unpaired) electrons. The Morgan fingerprint density at radius 2 is 2.00 bits per heavy atom. The third-order valence-corrected chi connectivity index (χ3v) is 7.14. The second kappa shape index (κ2) is 9.65. The number of carbonyl (C=O) groups is 2. The predicted molar refractivity (Wildman–Crippen MR) is 121 cm³/mol. The highest BCUT2D eigenvalue weighted by atomic mass is 32.2. The smallest absolute Gasteiger partial charge is 0.254 e. The Bertz CT molecular complexity index is 1070. The Balaban J connectivity index is 1.34. The van der Waals surface area contributed by atoms with Crippen molar-refractivity contribution in [2.75, 3.05) is 18.4 Å². The molecule has 1 aromatic carbocycles. The molecule has 2 amide bonds. The summed E-state index contributed by atoms with van der Waals surface area (Å²) in [6, 6.07) is 9.53. The van der Waals surface area contributed by atoms with Crippen molar-refractivity contribution in [1.29, 1.82) is 0 Å². The number of hydrogen-bond donors (Lipinski definition) is 1. The quantitative estimate of drug-likeness (QED) is 0.548. The summed E-state index contributed by atoms with van der Waals surface area (Å²) in [5.74, 6) is 1.29. The number of nitrogens with one attached hydrogen (secondary N) is 1. The van der Waals surface area contributed by atoms with Crippen molar-refractivity contribution in [3.8, 4) is 0 Å². The lowest BCUT2D eigenvalue weighted by atomic mass is 9.95. The highest BCUT2D eigenvalue weighted by Crippen LogP contribution is 2.29. The Morgan fingerprint density at radius 3 is 2.68 bits per heavy atom. The van der Waals surface area contributed by atoms with E-state index in [4.69, 9.17) is 4.52 Å². The number of carbonyl (C=O) groups excluding carboxylic acids is 2. The van der Waals surface area contributed by atoms with Crippen molar-refractivity contribution in [2.45, 2.75) is 37.3 Å². The van der Waals surface area contributed by atoms with Gasteiger partial charge in [-0.15, -0.1) is 23.1 Å². The van der Waals surface area contributed by atoms with Crippen molar-refractivity contribution >= 4 is 40.0 Å². The normalized spacial score (nSPS) is 14.6. The van der Waals surface area contributed by atoms with Crippen LogP contribution in [0.4, 0.5) is 5.13 Å². The number of aryl methyl sites for hydroxylation is 2. The maximum absolute atomic E-state index is 13.2. The van der Waals surface area contributed by atoms with Crippen LogP contribution in [0.3, 0.4) is 0 Å². The topological polar surface area (TPSA) is 88.3 Å². The van der Waals surface area contributed by atoms with E-state index in [0.717, 1.165) is 22.0 Å². The predicted octanol–water partition coefficient (Wildman–Crippen LogP) is 4.53. The molecule has 0 saturated carbocycles. The van der Waals surface area contributed by atoms with E-state index >= 15 is 0 Å². The number of likely N-dealkylation sites (tertiary alicyclic amines) is 1. The second-order valence-corrected chi connectivity index (χ2v) is 9.44. The molecule has 2 aromatic heterocycles. The minimum Gasteiger partial charge on any atom is -0.360 e. The van der Waals surface area contributed by atoms with Crippen LogP contribution in [0.1, 0.15) is 40.3 Å². The highest BCUT2D eigenvalue weighted by Gasteiger charge is 2.29. The summed E-state index contributed by atoms with van der Waals surface area (Å²) in [5, 5.41) is 9.35. The molecular formula is C22H24N4O3S2. The largest absolute Gasteiger partial charge is 0.360 e. The van der Waals surface area contributed by atoms with Crippen LogP contribution in [-0.2, 0) is 10.5 Å². The zero-order valence-corrected chi connectivity index (χ0v) is 19.1. The van der Waals surface area contributed by atoms with Gasteiger partial charge in [0.1, 0.15) is 5.76 Å². The first-order valence-electron chi connectivity index (χ1n) is 10.2. The third-order valence-electron chi connectivity index (χ3n) is 5.17. The summed E-state index contributed by atoms with van der Waals surface area (Å²) in [6.45, 7) is 4.91. The molecule has 0 unspecified atom stereocenters. The molecule has 0 bridgehead atoms. The maximum atomic E-state index is 13.2. The average molecular weight is 457 g/mol. The van der Waals surface area contributed by atoms with Crippen molar-refractivity contribution in [3.05, 3.63) is 58.4 Å². The molecule has 1 aliphatic heterocycles. The third kappa shape index (κ3) is 5.34. The molecule has 0 aliphatic carbocycles. The van der Waals surface area contributed by atoms with E-state index in [1.54, 1.807) is 11.8 Å². The van der Waals surface area contributed by atoms with Crippen LogP contribution in [0, 0.1) is 19.8 Å². The van der Waals surface area contributed by atoms with Crippen molar-refractivity contribution in [3.63, 3.8) is 0 Å². The zero-order chi connectivity index (χ0) is 21.8. The second-order valence-electron chi connectivity index (χ2n) is 7.57. The van der Waals surface area contributed by atoms with Gasteiger partial charge in [0.2, 0.25) is 5.91 Å². The number of rotatable bonds is 6. The van der Waals surface area contributed by atoms with Gasteiger partial charge in [0.15, 0.2) is 5.13 Å². The molecule has 3 heterocycles. The van der Waals surface area contributed by atoms with Gasteiger partial charge in [-0.05, 0) is 38.8 Å². The molecule has 3 aromatic rings. The van der Waals surface area contributed by atoms with Crippen LogP contribution >= 0.6 is 23.1 Å². The average Bonchev–Trinajstić information content (AvgIpc) is 3.39. The zero-order valence-electron chi connectivity index (χ0n) is 17.5. The number of aromatic nitrogens is 2. The van der Waals surface area contributed by atoms with E-state index in [9.17, 15) is 9.59 Å². The Hall–Kier alpha value is -2.65. The van der Waals surface area contributed by atoms with Crippen LogP contribution in [0.15, 0.2) is 45.1 Å². The van der Waals surface area contributed by atoms with Crippen molar-refractivity contribution < 1.29 is 14.1 Å². The first-order chi connectivity index (χ1) is 15.0. The Labute approximate surface area is 189 Å². The number of amides is 2. The van der Waals surface area contributed by atoms with Gasteiger partial charge < -0.3 is 14.7 Å². The lowest BCUT2D eigenvalue weighted by Gasteiger charge is -2.31. The van der Waals surface area contributed by atoms with Crippen molar-refractivity contribution in [1.82, 2.24) is 15.0 Å². The fourth-order valence-corrected chi connectivity index (χ4v) is 5.15. The fourth-order valence-electron chi connectivity index (χ4n) is 3.54. The minimum absolute atomic E-state index is 0.00579. The summed E-state index contributed by atoms with van der Waals surface area (Å²) in [5.41, 5.74) is 2.43. The van der Waals surface area contributed by atoms with Gasteiger partial charge in [-0.25, -0.2) is 4.98 Å². The number of anilines is 1. The Kier molecular flexibility index (Phi) is 6.72. The monoisotopic (exact) mass is 456 g/mol. The number of benzene rings is 1. The van der Waals surface area contributed by atoms with E-state index in [2.05, 4.69) is 15.5 Å². The van der Waals surface area contributed by atoms with E-state index < -0.39 is 0 Å². The van der Waals surface area contributed by atoms with Crippen LogP contribution in [0.5, 0.6) is 0 Å². The summed E-state index contributed by atoms with van der Waals surface area (Å²) >= 11 is 2.99. The molecule has 1 saturated heterocycles.